The Bertz CT molecular complexity index is 910. The van der Waals surface area contributed by atoms with Crippen molar-refractivity contribution in [2.24, 2.45) is 0 Å². The van der Waals surface area contributed by atoms with E-state index in [2.05, 4.69) is 5.32 Å². The van der Waals surface area contributed by atoms with Gasteiger partial charge in [-0.05, 0) is 54.8 Å². The lowest BCUT2D eigenvalue weighted by Gasteiger charge is -2.17. The molecule has 1 amide bonds. The standard InChI is InChI=1S/C18H19ClN2O3S/c1-12(13-3-6-16(19)7-4-13)20-18(22)15-5-8-17-14(11-15)9-10-21(17)25(2,23)24/h3-8,11-12H,9-10H2,1-2H3,(H,20,22)/t12-/m0/s1. The van der Waals surface area contributed by atoms with Crippen LogP contribution in [0.15, 0.2) is 42.5 Å². The predicted octanol–water partition coefficient (Wildman–Crippen LogP) is 3.15. The Morgan fingerprint density at radius 1 is 1.20 bits per heavy atom. The Kier molecular flexibility index (Phi) is 4.75. The maximum absolute atomic E-state index is 12.5. The van der Waals surface area contributed by atoms with E-state index in [-0.39, 0.29) is 11.9 Å². The Morgan fingerprint density at radius 2 is 1.88 bits per heavy atom. The van der Waals surface area contributed by atoms with E-state index < -0.39 is 10.0 Å². The molecule has 0 spiro atoms. The van der Waals surface area contributed by atoms with Crippen LogP contribution in [0.2, 0.25) is 5.02 Å². The molecule has 5 nitrogen and oxygen atoms in total. The number of hydrogen-bond donors (Lipinski definition) is 1. The molecule has 0 unspecified atom stereocenters. The van der Waals surface area contributed by atoms with Crippen LogP contribution in [0.4, 0.5) is 5.69 Å². The van der Waals surface area contributed by atoms with Crippen LogP contribution in [-0.4, -0.2) is 27.1 Å². The molecule has 2 aromatic carbocycles. The molecule has 25 heavy (non-hydrogen) atoms. The Hall–Kier alpha value is -2.05. The third-order valence-corrected chi connectivity index (χ3v) is 5.74. The monoisotopic (exact) mass is 378 g/mol. The zero-order valence-corrected chi connectivity index (χ0v) is 15.6. The number of hydrogen-bond acceptors (Lipinski definition) is 3. The lowest BCUT2D eigenvalue weighted by atomic mass is 10.1. The summed E-state index contributed by atoms with van der Waals surface area (Å²) in [7, 11) is -3.29. The van der Waals surface area contributed by atoms with E-state index in [1.165, 1.54) is 10.6 Å². The zero-order chi connectivity index (χ0) is 18.2. The highest BCUT2D eigenvalue weighted by Crippen LogP contribution is 2.30. The molecule has 1 N–H and O–H groups in total. The second kappa shape index (κ2) is 6.69. The molecule has 0 saturated carbocycles. The summed E-state index contributed by atoms with van der Waals surface area (Å²) in [6, 6.07) is 12.3. The first-order valence-corrected chi connectivity index (χ1v) is 10.2. The summed E-state index contributed by atoms with van der Waals surface area (Å²) in [6.45, 7) is 2.32. The second-order valence-electron chi connectivity index (χ2n) is 6.18. The van der Waals surface area contributed by atoms with Gasteiger partial charge in [0.25, 0.3) is 5.91 Å². The van der Waals surface area contributed by atoms with Crippen molar-refractivity contribution in [1.82, 2.24) is 5.32 Å². The third-order valence-electron chi connectivity index (χ3n) is 4.31. The molecule has 1 aliphatic rings. The van der Waals surface area contributed by atoms with Crippen LogP contribution in [-0.2, 0) is 16.4 Å². The van der Waals surface area contributed by atoms with Gasteiger partial charge in [0.05, 0.1) is 18.0 Å². The number of sulfonamides is 1. The molecule has 0 bridgehead atoms. The van der Waals surface area contributed by atoms with Crippen LogP contribution in [0, 0.1) is 0 Å². The van der Waals surface area contributed by atoms with E-state index >= 15 is 0 Å². The molecule has 1 heterocycles. The Labute approximate surface area is 152 Å². The minimum Gasteiger partial charge on any atom is -0.346 e. The fourth-order valence-corrected chi connectivity index (χ4v) is 4.06. The average molecular weight is 379 g/mol. The molecule has 7 heteroatoms. The van der Waals surface area contributed by atoms with Crippen LogP contribution in [0.5, 0.6) is 0 Å². The smallest absolute Gasteiger partial charge is 0.251 e. The summed E-state index contributed by atoms with van der Waals surface area (Å²) < 4.78 is 24.9. The lowest BCUT2D eigenvalue weighted by Crippen LogP contribution is -2.28. The number of halogens is 1. The van der Waals surface area contributed by atoms with E-state index in [1.807, 2.05) is 19.1 Å². The van der Waals surface area contributed by atoms with Gasteiger partial charge >= 0.3 is 0 Å². The van der Waals surface area contributed by atoms with Crippen LogP contribution in [0.25, 0.3) is 0 Å². The number of anilines is 1. The number of rotatable bonds is 4. The molecule has 0 aromatic heterocycles. The maximum atomic E-state index is 12.5. The summed E-state index contributed by atoms with van der Waals surface area (Å²) in [5, 5.41) is 3.60. The molecular weight excluding hydrogens is 360 g/mol. The number of fused-ring (bicyclic) bond motifs is 1. The SMILES string of the molecule is C[C@H](NC(=O)c1ccc2c(c1)CCN2S(C)(=O)=O)c1ccc(Cl)cc1. The van der Waals surface area contributed by atoms with Crippen molar-refractivity contribution in [3.8, 4) is 0 Å². The second-order valence-corrected chi connectivity index (χ2v) is 8.52. The quantitative estimate of drug-likeness (QED) is 0.888. The number of amides is 1. The van der Waals surface area contributed by atoms with E-state index in [4.69, 9.17) is 11.6 Å². The molecule has 2 aromatic rings. The van der Waals surface area contributed by atoms with Crippen molar-refractivity contribution in [3.63, 3.8) is 0 Å². The summed E-state index contributed by atoms with van der Waals surface area (Å²) in [5.74, 6) is -0.192. The Morgan fingerprint density at radius 3 is 2.52 bits per heavy atom. The number of benzene rings is 2. The summed E-state index contributed by atoms with van der Waals surface area (Å²) >= 11 is 5.88. The van der Waals surface area contributed by atoms with Gasteiger partial charge in [-0.3, -0.25) is 9.10 Å². The first-order valence-electron chi connectivity index (χ1n) is 7.92. The van der Waals surface area contributed by atoms with Gasteiger partial charge in [0, 0.05) is 17.1 Å². The predicted molar refractivity (Wildman–Crippen MR) is 99.7 cm³/mol. The number of nitrogens with one attached hydrogen (secondary N) is 1. The van der Waals surface area contributed by atoms with Crippen molar-refractivity contribution in [2.45, 2.75) is 19.4 Å². The largest absolute Gasteiger partial charge is 0.346 e. The van der Waals surface area contributed by atoms with E-state index in [9.17, 15) is 13.2 Å². The number of carbonyl (C=O) groups excluding carboxylic acids is 1. The highest BCUT2D eigenvalue weighted by atomic mass is 35.5. The highest BCUT2D eigenvalue weighted by molar-refractivity contribution is 7.92. The van der Waals surface area contributed by atoms with E-state index in [0.717, 1.165) is 11.1 Å². The van der Waals surface area contributed by atoms with Gasteiger partial charge in [-0.2, -0.15) is 0 Å². The van der Waals surface area contributed by atoms with Gasteiger partial charge in [0.15, 0.2) is 0 Å². The molecule has 1 atom stereocenters. The molecule has 0 saturated heterocycles. The summed E-state index contributed by atoms with van der Waals surface area (Å²) in [4.78, 5) is 12.5. The minimum absolute atomic E-state index is 0.162. The van der Waals surface area contributed by atoms with E-state index in [1.54, 1.807) is 30.3 Å². The van der Waals surface area contributed by atoms with Crippen LogP contribution in [0.3, 0.4) is 0 Å². The Balaban J connectivity index is 1.77. The minimum atomic E-state index is -3.29. The molecule has 132 valence electrons. The van der Waals surface area contributed by atoms with Crippen molar-refractivity contribution < 1.29 is 13.2 Å². The summed E-state index contributed by atoms with van der Waals surface area (Å²) in [6.07, 6.45) is 1.80. The average Bonchev–Trinajstić information content (AvgIpc) is 2.98. The fourth-order valence-electron chi connectivity index (χ4n) is 2.97. The van der Waals surface area contributed by atoms with Crippen LogP contribution < -0.4 is 9.62 Å². The zero-order valence-electron chi connectivity index (χ0n) is 14.0. The summed E-state index contributed by atoms with van der Waals surface area (Å²) in [5.41, 5.74) is 3.01. The molecule has 0 fully saturated rings. The maximum Gasteiger partial charge on any atom is 0.251 e. The van der Waals surface area contributed by atoms with Crippen molar-refractivity contribution in [2.75, 3.05) is 17.1 Å². The first kappa shape index (κ1) is 17.8. The topological polar surface area (TPSA) is 66.5 Å². The molecule has 3 rings (SSSR count). The van der Waals surface area contributed by atoms with Gasteiger partial charge in [-0.15, -0.1) is 0 Å². The van der Waals surface area contributed by atoms with Gasteiger partial charge in [-0.25, -0.2) is 8.42 Å². The van der Waals surface area contributed by atoms with Crippen molar-refractivity contribution in [1.29, 1.82) is 0 Å². The van der Waals surface area contributed by atoms with Crippen LogP contribution >= 0.6 is 11.6 Å². The van der Waals surface area contributed by atoms with Gasteiger partial charge < -0.3 is 5.32 Å². The molecule has 0 radical (unpaired) electrons. The van der Waals surface area contributed by atoms with E-state index in [0.29, 0.717) is 29.2 Å². The molecular formula is C18H19ClN2O3S. The van der Waals surface area contributed by atoms with Gasteiger partial charge in [-0.1, -0.05) is 23.7 Å². The lowest BCUT2D eigenvalue weighted by molar-refractivity contribution is 0.0940. The number of carbonyl (C=O) groups is 1. The molecule has 1 aliphatic heterocycles. The third kappa shape index (κ3) is 3.80. The number of nitrogens with zero attached hydrogens (tertiary/aromatic N) is 1. The highest BCUT2D eigenvalue weighted by Gasteiger charge is 2.26. The fraction of sp³-hybridized carbons (Fsp3) is 0.278. The van der Waals surface area contributed by atoms with Crippen molar-refractivity contribution in [3.05, 3.63) is 64.2 Å². The molecule has 0 aliphatic carbocycles. The van der Waals surface area contributed by atoms with Gasteiger partial charge in [0.2, 0.25) is 10.0 Å². The van der Waals surface area contributed by atoms with Crippen LogP contribution in [0.1, 0.15) is 34.5 Å². The first-order chi connectivity index (χ1) is 11.8. The van der Waals surface area contributed by atoms with Crippen molar-refractivity contribution >= 4 is 33.2 Å². The normalized spacial score (nSPS) is 14.9. The van der Waals surface area contributed by atoms with Gasteiger partial charge in [0.1, 0.15) is 0 Å².